The number of ketones is 2. The van der Waals surface area contributed by atoms with E-state index in [1.165, 1.54) is 26.2 Å². The summed E-state index contributed by atoms with van der Waals surface area (Å²) in [6.45, 7) is 7.90. The van der Waals surface area contributed by atoms with E-state index in [2.05, 4.69) is 45.0 Å². The predicted molar refractivity (Wildman–Crippen MR) is 144 cm³/mol. The number of benzene rings is 3. The molecular formula is C30H35FO4Si. The summed E-state index contributed by atoms with van der Waals surface area (Å²) in [6.07, 6.45) is -1.16. The van der Waals surface area contributed by atoms with E-state index in [9.17, 15) is 14.0 Å². The molecule has 0 amide bonds. The Balaban J connectivity index is 2.12. The molecule has 190 valence electrons. The van der Waals surface area contributed by atoms with Crippen molar-refractivity contribution in [3.05, 3.63) is 96.3 Å². The van der Waals surface area contributed by atoms with E-state index >= 15 is 0 Å². The van der Waals surface area contributed by atoms with Crippen LogP contribution in [-0.4, -0.2) is 33.1 Å². The predicted octanol–water partition coefficient (Wildman–Crippen LogP) is 5.40. The van der Waals surface area contributed by atoms with Gasteiger partial charge in [-0.3, -0.25) is 9.59 Å². The zero-order valence-corrected chi connectivity index (χ0v) is 22.7. The highest BCUT2D eigenvalue weighted by atomic mass is 28.4. The molecule has 0 radical (unpaired) electrons. The number of rotatable bonds is 11. The van der Waals surface area contributed by atoms with E-state index in [0.717, 1.165) is 15.9 Å². The lowest BCUT2D eigenvalue weighted by atomic mass is 10.0. The molecule has 0 bridgehead atoms. The van der Waals surface area contributed by atoms with Gasteiger partial charge in [-0.15, -0.1) is 0 Å². The zero-order valence-electron chi connectivity index (χ0n) is 21.7. The number of hydrogen-bond acceptors (Lipinski definition) is 4. The molecule has 0 saturated heterocycles. The molecule has 0 spiro atoms. The second-order valence-corrected chi connectivity index (χ2v) is 14.3. The van der Waals surface area contributed by atoms with Gasteiger partial charge in [0.15, 0.2) is 17.7 Å². The largest absolute Gasteiger partial charge is 0.400 e. The molecule has 6 heteroatoms. The summed E-state index contributed by atoms with van der Waals surface area (Å²) in [4.78, 5) is 24.7. The van der Waals surface area contributed by atoms with E-state index < -0.39 is 20.5 Å². The van der Waals surface area contributed by atoms with Gasteiger partial charge < -0.3 is 9.16 Å². The van der Waals surface area contributed by atoms with Gasteiger partial charge in [-0.25, -0.2) is 4.39 Å². The zero-order chi connectivity index (χ0) is 26.3. The lowest BCUT2D eigenvalue weighted by molar-refractivity contribution is -0.139. The molecule has 0 aliphatic rings. The van der Waals surface area contributed by atoms with Gasteiger partial charge >= 0.3 is 0 Å². The first kappa shape index (κ1) is 27.7. The molecule has 4 nitrogen and oxygen atoms in total. The third-order valence-corrected chi connectivity index (χ3v) is 11.6. The molecule has 0 aromatic heterocycles. The summed E-state index contributed by atoms with van der Waals surface area (Å²) < 4.78 is 26.2. The Labute approximate surface area is 214 Å². The number of halogens is 1. The van der Waals surface area contributed by atoms with Gasteiger partial charge in [0.25, 0.3) is 8.32 Å². The Bertz CT molecular complexity index is 1100. The topological polar surface area (TPSA) is 52.6 Å². The average molecular weight is 507 g/mol. The molecular weight excluding hydrogens is 471 g/mol. The molecule has 0 heterocycles. The van der Waals surface area contributed by atoms with Gasteiger partial charge in [0, 0.05) is 13.5 Å². The summed E-state index contributed by atoms with van der Waals surface area (Å²) in [5.74, 6) is -0.952. The minimum Gasteiger partial charge on any atom is -0.400 e. The van der Waals surface area contributed by atoms with Crippen LogP contribution in [0.2, 0.25) is 5.04 Å². The monoisotopic (exact) mass is 506 g/mol. The van der Waals surface area contributed by atoms with Gasteiger partial charge in [0.05, 0.1) is 6.10 Å². The van der Waals surface area contributed by atoms with Gasteiger partial charge in [0.1, 0.15) is 5.82 Å². The molecule has 3 aromatic carbocycles. The van der Waals surface area contributed by atoms with Gasteiger partial charge in [-0.1, -0.05) is 93.6 Å². The highest BCUT2D eigenvalue weighted by Gasteiger charge is 2.51. The quantitative estimate of drug-likeness (QED) is 0.258. The maximum absolute atomic E-state index is 13.8. The number of carbonyl (C=O) groups is 2. The van der Waals surface area contributed by atoms with Crippen molar-refractivity contribution in [2.45, 2.75) is 57.8 Å². The lowest BCUT2D eigenvalue weighted by Gasteiger charge is -2.45. The Kier molecular flexibility index (Phi) is 9.12. The van der Waals surface area contributed by atoms with Gasteiger partial charge in [0.2, 0.25) is 0 Å². The van der Waals surface area contributed by atoms with Crippen molar-refractivity contribution >= 4 is 30.3 Å². The molecule has 36 heavy (non-hydrogen) atoms. The summed E-state index contributed by atoms with van der Waals surface area (Å²) in [7, 11) is -1.58. The maximum atomic E-state index is 13.8. The maximum Gasteiger partial charge on any atom is 0.261 e. The van der Waals surface area contributed by atoms with Crippen LogP contribution in [0.4, 0.5) is 4.39 Å². The molecule has 3 aromatic rings. The molecule has 0 aliphatic carbocycles. The van der Waals surface area contributed by atoms with Crippen LogP contribution in [-0.2, 0) is 18.8 Å². The van der Waals surface area contributed by atoms with Crippen LogP contribution < -0.4 is 10.4 Å². The van der Waals surface area contributed by atoms with Gasteiger partial charge in [-0.05, 0) is 46.5 Å². The summed E-state index contributed by atoms with van der Waals surface area (Å²) in [5.41, 5.74) is 0.786. The molecule has 0 N–H and O–H groups in total. The van der Waals surface area contributed by atoms with Crippen molar-refractivity contribution in [3.63, 3.8) is 0 Å². The highest BCUT2D eigenvalue weighted by Crippen LogP contribution is 2.41. The van der Waals surface area contributed by atoms with Crippen molar-refractivity contribution < 1.29 is 23.1 Å². The number of hydrogen-bond donors (Lipinski definition) is 0. The number of methoxy groups -OCH3 is 1. The SMILES string of the molecule is COC(C(C)=O)C(=O)CCC(O[Si](c1ccccc1)(c1ccccc1)C(C)(C)C)c1ccc(F)cc1. The molecule has 3 rings (SSSR count). The fraction of sp³-hybridized carbons (Fsp3) is 0.333. The third-order valence-electron chi connectivity index (χ3n) is 6.53. The second kappa shape index (κ2) is 11.9. The minimum absolute atomic E-state index is 0.0956. The summed E-state index contributed by atoms with van der Waals surface area (Å²) in [6, 6.07) is 26.7. The highest BCUT2D eigenvalue weighted by molar-refractivity contribution is 6.99. The third kappa shape index (κ3) is 6.06. The van der Waals surface area contributed by atoms with Crippen LogP contribution in [0.1, 0.15) is 52.2 Å². The molecule has 0 fully saturated rings. The molecule has 2 atom stereocenters. The summed E-state index contributed by atoms with van der Waals surface area (Å²) >= 11 is 0. The summed E-state index contributed by atoms with van der Waals surface area (Å²) in [5, 5.41) is 1.95. The Morgan fingerprint density at radius 2 is 1.36 bits per heavy atom. The van der Waals surface area contributed by atoms with E-state index in [-0.39, 0.29) is 28.8 Å². The lowest BCUT2D eigenvalue weighted by Crippen LogP contribution is -2.66. The van der Waals surface area contributed by atoms with Crippen LogP contribution in [0.15, 0.2) is 84.9 Å². The minimum atomic E-state index is -2.94. The van der Waals surface area contributed by atoms with Crippen LogP contribution in [0, 0.1) is 5.82 Å². The van der Waals surface area contributed by atoms with Crippen molar-refractivity contribution in [3.8, 4) is 0 Å². The fourth-order valence-electron chi connectivity index (χ4n) is 4.80. The first-order valence-corrected chi connectivity index (χ1v) is 14.1. The van der Waals surface area contributed by atoms with Crippen LogP contribution in [0.5, 0.6) is 0 Å². The normalized spacial score (nSPS) is 13.7. The molecule has 0 aliphatic heterocycles. The van der Waals surface area contributed by atoms with Crippen molar-refractivity contribution in [2.24, 2.45) is 0 Å². The standard InChI is InChI=1S/C30H35FO4Si/c1-22(32)29(34-5)27(33)20-21-28(23-16-18-24(31)19-17-23)35-36(30(2,3)4,25-12-8-6-9-13-25)26-14-10-7-11-15-26/h6-19,28-29H,20-21H2,1-5H3. The van der Waals surface area contributed by atoms with Crippen LogP contribution in [0.25, 0.3) is 0 Å². The number of carbonyl (C=O) groups excluding carboxylic acids is 2. The first-order valence-electron chi connectivity index (χ1n) is 12.2. The fourth-order valence-corrected chi connectivity index (χ4v) is 9.50. The van der Waals surface area contributed by atoms with Crippen LogP contribution >= 0.6 is 0 Å². The Morgan fingerprint density at radius 3 is 1.78 bits per heavy atom. The second-order valence-electron chi connectivity index (χ2n) is 10.1. The van der Waals surface area contributed by atoms with Gasteiger partial charge in [-0.2, -0.15) is 0 Å². The Hall–Kier alpha value is -2.93. The smallest absolute Gasteiger partial charge is 0.261 e. The Morgan fingerprint density at radius 1 is 0.861 bits per heavy atom. The van der Waals surface area contributed by atoms with E-state index in [1.807, 2.05) is 36.4 Å². The average Bonchev–Trinajstić information content (AvgIpc) is 2.85. The number of Topliss-reactive ketones (excluding diaryl/α,β-unsaturated/α-hetero) is 2. The van der Waals surface area contributed by atoms with Crippen molar-refractivity contribution in [1.29, 1.82) is 0 Å². The number of ether oxygens (including phenoxy) is 1. The molecule has 2 unspecified atom stereocenters. The van der Waals surface area contributed by atoms with E-state index in [4.69, 9.17) is 9.16 Å². The molecule has 0 saturated carbocycles. The van der Waals surface area contributed by atoms with E-state index in [0.29, 0.717) is 6.42 Å². The van der Waals surface area contributed by atoms with E-state index in [1.54, 1.807) is 12.1 Å². The van der Waals surface area contributed by atoms with Crippen molar-refractivity contribution in [1.82, 2.24) is 0 Å². The van der Waals surface area contributed by atoms with Crippen LogP contribution in [0.3, 0.4) is 0 Å². The first-order chi connectivity index (χ1) is 17.1. The van der Waals surface area contributed by atoms with Crippen molar-refractivity contribution in [2.75, 3.05) is 7.11 Å².